The number of anilines is 1. The van der Waals surface area contributed by atoms with E-state index in [0.29, 0.717) is 12.5 Å². The highest BCUT2D eigenvalue weighted by molar-refractivity contribution is 5.98. The zero-order valence-electron chi connectivity index (χ0n) is 12.1. The molecule has 0 bridgehead atoms. The van der Waals surface area contributed by atoms with Crippen LogP contribution in [0.15, 0.2) is 59.6 Å². The van der Waals surface area contributed by atoms with Crippen molar-refractivity contribution in [1.82, 2.24) is 0 Å². The maximum absolute atomic E-state index is 6.10. The standard InChI is InChI=1S/C17H19N3O/c1-21-16-10-6-5-9-15(16)20-14(12-19-17(20)18)11-13-7-3-2-4-8-13/h2-10,14H,11-12H2,1H3,(H2,18,19). The third-order valence-electron chi connectivity index (χ3n) is 3.73. The lowest BCUT2D eigenvalue weighted by Gasteiger charge is -2.27. The Morgan fingerprint density at radius 3 is 2.62 bits per heavy atom. The molecule has 1 atom stereocenters. The van der Waals surface area contributed by atoms with Crippen LogP contribution in [-0.2, 0) is 6.42 Å². The molecule has 4 nitrogen and oxygen atoms in total. The first kappa shape index (κ1) is 13.5. The monoisotopic (exact) mass is 281 g/mol. The maximum atomic E-state index is 6.10. The molecule has 2 N–H and O–H groups in total. The largest absolute Gasteiger partial charge is 0.495 e. The third kappa shape index (κ3) is 2.70. The van der Waals surface area contributed by atoms with Gasteiger partial charge in [-0.25, -0.2) is 0 Å². The van der Waals surface area contributed by atoms with Gasteiger partial charge in [0.2, 0.25) is 0 Å². The summed E-state index contributed by atoms with van der Waals surface area (Å²) in [5, 5.41) is 0. The van der Waals surface area contributed by atoms with Gasteiger partial charge < -0.3 is 15.4 Å². The molecule has 1 aliphatic rings. The van der Waals surface area contributed by atoms with Crippen molar-refractivity contribution < 1.29 is 4.74 Å². The van der Waals surface area contributed by atoms with Gasteiger partial charge in [-0.2, -0.15) is 0 Å². The predicted octanol–water partition coefficient (Wildman–Crippen LogP) is 2.44. The Balaban J connectivity index is 1.89. The van der Waals surface area contributed by atoms with E-state index in [2.05, 4.69) is 34.2 Å². The molecule has 0 aromatic heterocycles. The van der Waals surface area contributed by atoms with Gasteiger partial charge in [0.1, 0.15) is 5.75 Å². The lowest BCUT2D eigenvalue weighted by atomic mass is 10.0. The fraction of sp³-hybridized carbons (Fsp3) is 0.235. The minimum Gasteiger partial charge on any atom is -0.495 e. The number of hydrogen-bond donors (Lipinski definition) is 1. The van der Waals surface area contributed by atoms with Gasteiger partial charge >= 0.3 is 0 Å². The summed E-state index contributed by atoms with van der Waals surface area (Å²) in [6.45, 7) is 0.707. The van der Waals surface area contributed by atoms with Crippen LogP contribution >= 0.6 is 0 Å². The van der Waals surface area contributed by atoms with Crippen LogP contribution in [0.3, 0.4) is 0 Å². The quantitative estimate of drug-likeness (QED) is 0.936. The Morgan fingerprint density at radius 1 is 1.14 bits per heavy atom. The van der Waals surface area contributed by atoms with E-state index in [0.717, 1.165) is 17.9 Å². The summed E-state index contributed by atoms with van der Waals surface area (Å²) >= 11 is 0. The summed E-state index contributed by atoms with van der Waals surface area (Å²) in [4.78, 5) is 6.49. The van der Waals surface area contributed by atoms with Crippen molar-refractivity contribution in [3.8, 4) is 5.75 Å². The zero-order chi connectivity index (χ0) is 14.7. The van der Waals surface area contributed by atoms with Crippen molar-refractivity contribution in [2.24, 2.45) is 10.7 Å². The molecule has 1 heterocycles. The number of aliphatic imine (C=N–C) groups is 1. The van der Waals surface area contributed by atoms with Crippen molar-refractivity contribution in [3.63, 3.8) is 0 Å². The second-order valence-corrected chi connectivity index (χ2v) is 5.08. The van der Waals surface area contributed by atoms with Gasteiger partial charge in [-0.1, -0.05) is 42.5 Å². The van der Waals surface area contributed by atoms with Crippen LogP contribution in [-0.4, -0.2) is 25.7 Å². The molecule has 2 aromatic carbocycles. The van der Waals surface area contributed by atoms with Crippen LogP contribution in [0.2, 0.25) is 0 Å². The number of methoxy groups -OCH3 is 1. The third-order valence-corrected chi connectivity index (χ3v) is 3.73. The molecule has 0 saturated carbocycles. The second-order valence-electron chi connectivity index (χ2n) is 5.08. The van der Waals surface area contributed by atoms with Gasteiger partial charge in [0.05, 0.1) is 25.4 Å². The average molecular weight is 281 g/mol. The molecular weight excluding hydrogens is 262 g/mol. The van der Waals surface area contributed by atoms with Crippen LogP contribution < -0.4 is 15.4 Å². The highest BCUT2D eigenvalue weighted by atomic mass is 16.5. The first-order valence-electron chi connectivity index (χ1n) is 7.05. The molecule has 0 radical (unpaired) electrons. The van der Waals surface area contributed by atoms with Crippen molar-refractivity contribution >= 4 is 11.6 Å². The van der Waals surface area contributed by atoms with Gasteiger partial charge in [0.25, 0.3) is 0 Å². The molecule has 21 heavy (non-hydrogen) atoms. The number of ether oxygens (including phenoxy) is 1. The predicted molar refractivity (Wildman–Crippen MR) is 85.9 cm³/mol. The second kappa shape index (κ2) is 5.87. The molecule has 4 heteroatoms. The molecule has 2 aromatic rings. The highest BCUT2D eigenvalue weighted by Crippen LogP contribution is 2.31. The van der Waals surface area contributed by atoms with Crippen molar-refractivity contribution in [3.05, 3.63) is 60.2 Å². The maximum Gasteiger partial charge on any atom is 0.196 e. The smallest absolute Gasteiger partial charge is 0.196 e. The lowest BCUT2D eigenvalue weighted by molar-refractivity contribution is 0.414. The normalized spacial score (nSPS) is 17.7. The topological polar surface area (TPSA) is 50.9 Å². The van der Waals surface area contributed by atoms with E-state index >= 15 is 0 Å². The molecule has 1 unspecified atom stereocenters. The van der Waals surface area contributed by atoms with Crippen molar-refractivity contribution in [2.75, 3.05) is 18.6 Å². The summed E-state index contributed by atoms with van der Waals surface area (Å²) in [6, 6.07) is 18.5. The molecule has 108 valence electrons. The van der Waals surface area contributed by atoms with Gasteiger partial charge in [-0.3, -0.25) is 4.99 Å². The number of rotatable bonds is 4. The molecule has 3 rings (SSSR count). The van der Waals surface area contributed by atoms with E-state index in [9.17, 15) is 0 Å². The van der Waals surface area contributed by atoms with E-state index < -0.39 is 0 Å². The minimum atomic E-state index is 0.226. The van der Waals surface area contributed by atoms with E-state index in [-0.39, 0.29) is 6.04 Å². The van der Waals surface area contributed by atoms with Gasteiger partial charge in [0, 0.05) is 0 Å². The number of para-hydroxylation sites is 2. The van der Waals surface area contributed by atoms with E-state index in [1.807, 2.05) is 30.3 Å². The zero-order valence-corrected chi connectivity index (χ0v) is 12.1. The number of nitrogens with zero attached hydrogens (tertiary/aromatic N) is 2. The number of benzene rings is 2. The summed E-state index contributed by atoms with van der Waals surface area (Å²) in [7, 11) is 1.68. The van der Waals surface area contributed by atoms with Gasteiger partial charge in [-0.05, 0) is 24.1 Å². The van der Waals surface area contributed by atoms with Crippen LogP contribution in [0.25, 0.3) is 0 Å². The first-order valence-corrected chi connectivity index (χ1v) is 7.05. The molecule has 0 fully saturated rings. The Labute approximate surface area is 124 Å². The fourth-order valence-electron chi connectivity index (χ4n) is 2.73. The molecule has 0 spiro atoms. The number of guanidine groups is 1. The van der Waals surface area contributed by atoms with E-state index in [4.69, 9.17) is 10.5 Å². The van der Waals surface area contributed by atoms with E-state index in [1.54, 1.807) is 7.11 Å². The molecule has 1 aliphatic heterocycles. The number of hydrogen-bond acceptors (Lipinski definition) is 4. The SMILES string of the molecule is COc1ccccc1N1C(N)=NCC1Cc1ccccc1. The van der Waals surface area contributed by atoms with Crippen LogP contribution in [0.4, 0.5) is 5.69 Å². The van der Waals surface area contributed by atoms with Crippen molar-refractivity contribution in [1.29, 1.82) is 0 Å². The summed E-state index contributed by atoms with van der Waals surface area (Å²) in [5.41, 5.74) is 8.36. The summed E-state index contributed by atoms with van der Waals surface area (Å²) in [6.07, 6.45) is 0.906. The van der Waals surface area contributed by atoms with E-state index in [1.165, 1.54) is 5.56 Å². The van der Waals surface area contributed by atoms with Crippen LogP contribution in [0, 0.1) is 0 Å². The molecular formula is C17H19N3O. The van der Waals surface area contributed by atoms with Crippen LogP contribution in [0.1, 0.15) is 5.56 Å². The molecule has 0 aliphatic carbocycles. The van der Waals surface area contributed by atoms with Gasteiger partial charge in [0.15, 0.2) is 5.96 Å². The summed E-state index contributed by atoms with van der Waals surface area (Å²) in [5.74, 6) is 1.37. The number of nitrogens with two attached hydrogens (primary N) is 1. The Hall–Kier alpha value is -2.49. The molecule has 0 saturated heterocycles. The Morgan fingerprint density at radius 2 is 1.86 bits per heavy atom. The minimum absolute atomic E-state index is 0.226. The lowest BCUT2D eigenvalue weighted by Crippen LogP contribution is -2.42. The van der Waals surface area contributed by atoms with Crippen LogP contribution in [0.5, 0.6) is 5.75 Å². The first-order chi connectivity index (χ1) is 10.3. The average Bonchev–Trinajstić information content (AvgIpc) is 2.89. The molecule has 0 amide bonds. The Kier molecular flexibility index (Phi) is 3.77. The Bertz CT molecular complexity index is 639. The van der Waals surface area contributed by atoms with Gasteiger partial charge in [-0.15, -0.1) is 0 Å². The van der Waals surface area contributed by atoms with Crippen molar-refractivity contribution in [2.45, 2.75) is 12.5 Å². The highest BCUT2D eigenvalue weighted by Gasteiger charge is 2.29. The fourth-order valence-corrected chi connectivity index (χ4v) is 2.73. The summed E-state index contributed by atoms with van der Waals surface area (Å²) < 4.78 is 5.45.